The smallest absolute Gasteiger partial charge is 0.225 e. The summed E-state index contributed by atoms with van der Waals surface area (Å²) >= 11 is 5.29. The Hall–Kier alpha value is -0.840. The first kappa shape index (κ1) is 10.7. The van der Waals surface area contributed by atoms with Crippen molar-refractivity contribution in [2.75, 3.05) is 19.0 Å². The van der Waals surface area contributed by atoms with Crippen molar-refractivity contribution >= 4 is 18.2 Å². The normalized spacial score (nSPS) is 18.0. The van der Waals surface area contributed by atoms with Crippen molar-refractivity contribution in [2.45, 2.75) is 38.1 Å². The van der Waals surface area contributed by atoms with Crippen molar-refractivity contribution in [3.8, 4) is 0 Å². The molecule has 1 aliphatic carbocycles. The third-order valence-electron chi connectivity index (χ3n) is 3.03. The van der Waals surface area contributed by atoms with Gasteiger partial charge in [0.1, 0.15) is 0 Å². The van der Waals surface area contributed by atoms with Gasteiger partial charge < -0.3 is 4.90 Å². The lowest BCUT2D eigenvalue weighted by atomic mass is 9.95. The summed E-state index contributed by atoms with van der Waals surface area (Å²) in [4.78, 5) is 2.01. The van der Waals surface area contributed by atoms with Crippen LogP contribution in [0.3, 0.4) is 0 Å². The van der Waals surface area contributed by atoms with E-state index in [1.165, 1.54) is 32.1 Å². The van der Waals surface area contributed by atoms with Crippen molar-refractivity contribution in [1.29, 1.82) is 0 Å². The van der Waals surface area contributed by atoms with Gasteiger partial charge in [-0.25, -0.2) is 5.10 Å². The Morgan fingerprint density at radius 1 is 1.33 bits per heavy atom. The summed E-state index contributed by atoms with van der Waals surface area (Å²) in [5.41, 5.74) is 0. The zero-order chi connectivity index (χ0) is 10.8. The van der Waals surface area contributed by atoms with Crippen LogP contribution in [0.2, 0.25) is 0 Å². The fourth-order valence-corrected chi connectivity index (χ4v) is 2.56. The molecule has 1 aromatic heterocycles. The molecule has 1 N–H and O–H groups in total. The minimum atomic E-state index is 0.544. The zero-order valence-electron chi connectivity index (χ0n) is 9.36. The van der Waals surface area contributed by atoms with Gasteiger partial charge >= 0.3 is 0 Å². The molecule has 0 spiro atoms. The van der Waals surface area contributed by atoms with E-state index in [1.807, 2.05) is 19.0 Å². The number of anilines is 1. The Morgan fingerprint density at radius 3 is 2.60 bits per heavy atom. The van der Waals surface area contributed by atoms with E-state index < -0.39 is 0 Å². The second-order valence-electron chi connectivity index (χ2n) is 4.39. The third-order valence-corrected chi connectivity index (χ3v) is 3.31. The quantitative estimate of drug-likeness (QED) is 0.787. The Morgan fingerprint density at radius 2 is 2.00 bits per heavy atom. The molecule has 0 saturated heterocycles. The highest BCUT2D eigenvalue weighted by atomic mass is 32.1. The van der Waals surface area contributed by atoms with E-state index in [-0.39, 0.29) is 0 Å². The molecule has 1 fully saturated rings. The second-order valence-corrected chi connectivity index (χ2v) is 4.77. The molecule has 0 atom stereocenters. The van der Waals surface area contributed by atoms with Crippen molar-refractivity contribution in [1.82, 2.24) is 14.8 Å². The lowest BCUT2D eigenvalue weighted by Gasteiger charge is -2.25. The largest absolute Gasteiger partial charge is 0.347 e. The number of aromatic amines is 1. The summed E-state index contributed by atoms with van der Waals surface area (Å²) in [5, 5.41) is 7.15. The highest BCUT2D eigenvalue weighted by Crippen LogP contribution is 2.30. The number of H-pyrrole nitrogens is 1. The Balaban J connectivity index is 2.32. The van der Waals surface area contributed by atoms with Gasteiger partial charge in [0, 0.05) is 20.1 Å². The van der Waals surface area contributed by atoms with Crippen LogP contribution < -0.4 is 4.90 Å². The molecule has 0 amide bonds. The summed E-state index contributed by atoms with van der Waals surface area (Å²) in [6, 6.07) is 0.544. The molecular weight excluding hydrogens is 208 g/mol. The van der Waals surface area contributed by atoms with Gasteiger partial charge in [0.2, 0.25) is 5.95 Å². The fraction of sp³-hybridized carbons (Fsp3) is 0.800. The second kappa shape index (κ2) is 4.35. The van der Waals surface area contributed by atoms with Crippen LogP contribution in [-0.2, 0) is 0 Å². The average Bonchev–Trinajstić information content (AvgIpc) is 2.61. The number of nitrogens with zero attached hydrogens (tertiary/aromatic N) is 3. The van der Waals surface area contributed by atoms with Crippen LogP contribution in [0.15, 0.2) is 0 Å². The molecule has 0 radical (unpaired) electrons. The van der Waals surface area contributed by atoms with Crippen LogP contribution in [-0.4, -0.2) is 28.9 Å². The van der Waals surface area contributed by atoms with E-state index >= 15 is 0 Å². The first-order chi connectivity index (χ1) is 7.20. The van der Waals surface area contributed by atoms with Crippen molar-refractivity contribution < 1.29 is 0 Å². The van der Waals surface area contributed by atoms with Crippen LogP contribution >= 0.6 is 12.2 Å². The molecule has 0 aromatic carbocycles. The fourth-order valence-electron chi connectivity index (χ4n) is 2.28. The summed E-state index contributed by atoms with van der Waals surface area (Å²) in [6.45, 7) is 0. The van der Waals surface area contributed by atoms with E-state index in [9.17, 15) is 0 Å². The Bertz CT molecular complexity index is 373. The number of hydrogen-bond acceptors (Lipinski definition) is 3. The minimum Gasteiger partial charge on any atom is -0.347 e. The summed E-state index contributed by atoms with van der Waals surface area (Å²) in [7, 11) is 4.01. The molecule has 5 heteroatoms. The van der Waals surface area contributed by atoms with Gasteiger partial charge in [-0.1, -0.05) is 19.3 Å². The number of hydrogen-bond donors (Lipinski definition) is 1. The van der Waals surface area contributed by atoms with Gasteiger partial charge in [-0.15, -0.1) is 5.10 Å². The number of nitrogens with one attached hydrogen (secondary N) is 1. The van der Waals surface area contributed by atoms with Gasteiger partial charge in [-0.05, 0) is 25.1 Å². The minimum absolute atomic E-state index is 0.544. The maximum absolute atomic E-state index is 5.29. The molecule has 0 aliphatic heterocycles. The van der Waals surface area contributed by atoms with Crippen LogP contribution in [0.5, 0.6) is 0 Å². The molecule has 0 bridgehead atoms. The molecule has 84 valence electrons. The third kappa shape index (κ3) is 2.07. The Kier molecular flexibility index (Phi) is 3.09. The Labute approximate surface area is 95.3 Å². The molecule has 2 rings (SSSR count). The molecule has 1 aliphatic rings. The van der Waals surface area contributed by atoms with Crippen LogP contribution in [0.1, 0.15) is 38.1 Å². The lowest BCUT2D eigenvalue weighted by Crippen LogP contribution is -2.20. The molecule has 1 heterocycles. The highest BCUT2D eigenvalue weighted by molar-refractivity contribution is 7.71. The van der Waals surface area contributed by atoms with E-state index in [4.69, 9.17) is 12.2 Å². The first-order valence-electron chi connectivity index (χ1n) is 5.54. The molecule has 4 nitrogen and oxygen atoms in total. The van der Waals surface area contributed by atoms with Gasteiger partial charge in [0.05, 0.1) is 0 Å². The van der Waals surface area contributed by atoms with Gasteiger partial charge in [0.15, 0.2) is 4.77 Å². The van der Waals surface area contributed by atoms with Crippen LogP contribution in [0.4, 0.5) is 5.95 Å². The van der Waals surface area contributed by atoms with Crippen LogP contribution in [0.25, 0.3) is 0 Å². The van der Waals surface area contributed by atoms with Crippen molar-refractivity contribution in [3.63, 3.8) is 0 Å². The first-order valence-corrected chi connectivity index (χ1v) is 5.95. The van der Waals surface area contributed by atoms with Gasteiger partial charge in [-0.2, -0.15) is 0 Å². The van der Waals surface area contributed by atoms with Crippen molar-refractivity contribution in [3.05, 3.63) is 4.77 Å². The molecule has 1 aromatic rings. The predicted octanol–water partition coefficient (Wildman–Crippen LogP) is 2.51. The maximum atomic E-state index is 5.29. The zero-order valence-corrected chi connectivity index (χ0v) is 10.2. The predicted molar refractivity (Wildman–Crippen MR) is 63.9 cm³/mol. The summed E-state index contributed by atoms with van der Waals surface area (Å²) < 4.78 is 2.93. The van der Waals surface area contributed by atoms with E-state index in [0.717, 1.165) is 10.7 Å². The molecule has 15 heavy (non-hydrogen) atoms. The molecular formula is C10H18N4S. The average molecular weight is 226 g/mol. The SMILES string of the molecule is CN(C)c1n[nH]c(=S)n1C1CCCCC1. The molecule has 0 unspecified atom stereocenters. The number of rotatable bonds is 2. The van der Waals surface area contributed by atoms with Gasteiger partial charge in [0.25, 0.3) is 0 Å². The lowest BCUT2D eigenvalue weighted by molar-refractivity contribution is 0.351. The van der Waals surface area contributed by atoms with E-state index in [0.29, 0.717) is 6.04 Å². The standard InChI is InChI=1S/C10H18N4S/c1-13(2)9-11-12-10(15)14(9)8-6-4-3-5-7-8/h8H,3-7H2,1-2H3,(H,12,15). The van der Waals surface area contributed by atoms with Crippen molar-refractivity contribution in [2.24, 2.45) is 0 Å². The van der Waals surface area contributed by atoms with E-state index in [2.05, 4.69) is 14.8 Å². The summed E-state index contributed by atoms with van der Waals surface area (Å²) in [5.74, 6) is 0.951. The highest BCUT2D eigenvalue weighted by Gasteiger charge is 2.20. The monoisotopic (exact) mass is 226 g/mol. The maximum Gasteiger partial charge on any atom is 0.225 e. The number of aromatic nitrogens is 3. The van der Waals surface area contributed by atoms with Crippen LogP contribution in [0, 0.1) is 4.77 Å². The van der Waals surface area contributed by atoms with Gasteiger partial charge in [-0.3, -0.25) is 4.57 Å². The molecule has 1 saturated carbocycles. The summed E-state index contributed by atoms with van der Waals surface area (Å²) in [6.07, 6.45) is 6.44. The topological polar surface area (TPSA) is 36.9 Å². The van der Waals surface area contributed by atoms with E-state index in [1.54, 1.807) is 0 Å².